The van der Waals surface area contributed by atoms with Gasteiger partial charge in [-0.3, -0.25) is 0 Å². The molecule has 0 spiro atoms. The van der Waals surface area contributed by atoms with Crippen LogP contribution < -0.4 is 10.4 Å². The lowest BCUT2D eigenvalue weighted by Crippen LogP contribution is -2.31. The van der Waals surface area contributed by atoms with Gasteiger partial charge in [0.25, 0.3) is 0 Å². The van der Waals surface area contributed by atoms with Gasteiger partial charge in [-0.05, 0) is 102 Å². The molecule has 0 aromatic heterocycles. The van der Waals surface area contributed by atoms with Crippen molar-refractivity contribution < 1.29 is 0 Å². The second kappa shape index (κ2) is 10.3. The van der Waals surface area contributed by atoms with Gasteiger partial charge in [0.2, 0.25) is 0 Å². The summed E-state index contributed by atoms with van der Waals surface area (Å²) in [6.07, 6.45) is 8.90. The molecule has 0 saturated carbocycles. The highest BCUT2D eigenvalue weighted by Crippen LogP contribution is 2.39. The van der Waals surface area contributed by atoms with Crippen molar-refractivity contribution >= 4 is 49.9 Å². The van der Waals surface area contributed by atoms with Gasteiger partial charge in [-0.1, -0.05) is 139 Å². The first-order valence-electron chi connectivity index (χ1n) is 14.6. The molecule has 0 bridgehead atoms. The number of aryl methyl sites for hydroxylation is 1. The van der Waals surface area contributed by atoms with E-state index in [1.54, 1.807) is 0 Å². The van der Waals surface area contributed by atoms with Gasteiger partial charge >= 0.3 is 0 Å². The van der Waals surface area contributed by atoms with Crippen molar-refractivity contribution in [2.75, 3.05) is 0 Å². The average molecular weight is 543 g/mol. The topological polar surface area (TPSA) is 0 Å². The van der Waals surface area contributed by atoms with E-state index in [4.69, 9.17) is 0 Å². The molecule has 0 nitrogen and oxygen atoms in total. The molecule has 6 aromatic rings. The minimum absolute atomic E-state index is 1.04. The maximum absolute atomic E-state index is 2.41. The van der Waals surface area contributed by atoms with Crippen molar-refractivity contribution in [3.8, 4) is 11.1 Å². The lowest BCUT2D eigenvalue weighted by molar-refractivity contribution is 0.986. The second-order valence-corrected chi connectivity index (χ2v) is 12.2. The van der Waals surface area contributed by atoms with E-state index in [0.717, 1.165) is 25.7 Å². The van der Waals surface area contributed by atoms with E-state index >= 15 is 0 Å². The number of hydrogen-bond donors (Lipinski definition) is 0. The Kier molecular flexibility index (Phi) is 6.12. The Hall–Kier alpha value is -4.33. The molecule has 196 valence electrons. The predicted octanol–water partition coefficient (Wildman–Crippen LogP) is 9.51. The highest BCUT2D eigenvalue weighted by atomic mass is 32.2. The molecule has 0 heterocycles. The number of benzene rings is 6. The summed E-state index contributed by atoms with van der Waals surface area (Å²) < 4.78 is 0. The molecule has 0 amide bonds. The van der Waals surface area contributed by atoms with E-state index in [-0.39, 0.29) is 0 Å². The van der Waals surface area contributed by atoms with Crippen LogP contribution in [0.4, 0.5) is 0 Å². The van der Waals surface area contributed by atoms with Crippen LogP contribution in [0.15, 0.2) is 132 Å². The molecule has 0 N–H and O–H groups in total. The van der Waals surface area contributed by atoms with Crippen molar-refractivity contribution in [1.82, 2.24) is 0 Å². The molecular weight excluding hydrogens is 513 g/mol. The molecule has 0 aliphatic heterocycles. The summed E-state index contributed by atoms with van der Waals surface area (Å²) in [6, 6.07) is 45.2. The molecular formula is C40H30S. The predicted molar refractivity (Wildman–Crippen MR) is 177 cm³/mol. The fourth-order valence-electron chi connectivity index (χ4n) is 6.73. The van der Waals surface area contributed by atoms with Crippen LogP contribution in [0.2, 0.25) is 0 Å². The number of thioether (sulfide) groups is 1. The first kappa shape index (κ1) is 24.5. The molecule has 0 atom stereocenters. The maximum Gasteiger partial charge on any atom is 0.0197 e. The Morgan fingerprint density at radius 3 is 2.20 bits per heavy atom. The summed E-state index contributed by atoms with van der Waals surface area (Å²) in [5, 5.41) is 8.07. The third kappa shape index (κ3) is 4.33. The summed E-state index contributed by atoms with van der Waals surface area (Å²) in [5.41, 5.74) is 8.29. The molecule has 2 aliphatic rings. The average Bonchev–Trinajstić information content (AvgIpc) is 3.04. The molecule has 41 heavy (non-hydrogen) atoms. The van der Waals surface area contributed by atoms with Crippen LogP contribution in [0.25, 0.3) is 49.2 Å². The maximum atomic E-state index is 2.41. The summed E-state index contributed by atoms with van der Waals surface area (Å²) >= 11 is 1.95. The largest absolute Gasteiger partial charge is 0.0932 e. The second-order valence-electron chi connectivity index (χ2n) is 11.1. The van der Waals surface area contributed by atoms with Crippen molar-refractivity contribution in [1.29, 1.82) is 0 Å². The Morgan fingerprint density at radius 1 is 0.537 bits per heavy atom. The number of allylic oxidation sites excluding steroid dienone is 1. The first-order valence-corrected chi connectivity index (χ1v) is 15.4. The number of fused-ring (bicyclic) bond motifs is 4. The third-order valence-corrected chi connectivity index (χ3v) is 9.96. The minimum atomic E-state index is 1.04. The van der Waals surface area contributed by atoms with Crippen LogP contribution in [0.3, 0.4) is 0 Å². The summed E-state index contributed by atoms with van der Waals surface area (Å²) in [5.74, 6) is 0. The van der Waals surface area contributed by atoms with Gasteiger partial charge in [-0.15, -0.1) is 0 Å². The van der Waals surface area contributed by atoms with E-state index in [1.165, 1.54) is 75.2 Å². The SMILES string of the molecule is C1=Cc2ccc(-c3cccc4c(C5=c6ccccc6=C(Sc6cccc7ccccc67)CC5)cccc34)cc2CC1. The molecule has 1 heteroatoms. The summed E-state index contributed by atoms with van der Waals surface area (Å²) in [6.45, 7) is 0. The highest BCUT2D eigenvalue weighted by molar-refractivity contribution is 8.08. The summed E-state index contributed by atoms with van der Waals surface area (Å²) in [7, 11) is 0. The minimum Gasteiger partial charge on any atom is -0.0932 e. The van der Waals surface area contributed by atoms with Crippen molar-refractivity contribution in [3.63, 3.8) is 0 Å². The van der Waals surface area contributed by atoms with Gasteiger partial charge in [0, 0.05) is 4.90 Å². The van der Waals surface area contributed by atoms with Crippen LogP contribution in [-0.2, 0) is 6.42 Å². The zero-order valence-electron chi connectivity index (χ0n) is 22.9. The van der Waals surface area contributed by atoms with E-state index in [9.17, 15) is 0 Å². The molecule has 0 unspecified atom stereocenters. The van der Waals surface area contributed by atoms with Crippen LogP contribution >= 0.6 is 11.8 Å². The van der Waals surface area contributed by atoms with Gasteiger partial charge in [0.15, 0.2) is 0 Å². The number of rotatable bonds is 4. The van der Waals surface area contributed by atoms with Gasteiger partial charge in [0.05, 0.1) is 0 Å². The quantitative estimate of drug-likeness (QED) is 0.214. The van der Waals surface area contributed by atoms with E-state index in [1.807, 2.05) is 11.8 Å². The van der Waals surface area contributed by atoms with Crippen LogP contribution in [0.1, 0.15) is 36.0 Å². The standard InChI is InChI=1S/C40H30S/c1-2-12-29-26-30(23-22-27(29)10-1)31-17-8-19-34-33(31)18-9-20-35(34)37-24-25-40(38-16-6-5-15-36(37)38)41-39-21-7-13-28-11-3-4-14-32(28)39/h1,3-11,13-23,26H,2,12,24-25H2. The zero-order valence-corrected chi connectivity index (χ0v) is 23.8. The third-order valence-electron chi connectivity index (χ3n) is 8.72. The Morgan fingerprint density at radius 2 is 1.27 bits per heavy atom. The van der Waals surface area contributed by atoms with Gasteiger partial charge in [0.1, 0.15) is 0 Å². The van der Waals surface area contributed by atoms with E-state index in [0.29, 0.717) is 0 Å². The van der Waals surface area contributed by atoms with Crippen molar-refractivity contribution in [3.05, 3.63) is 155 Å². The van der Waals surface area contributed by atoms with Crippen LogP contribution in [0, 0.1) is 0 Å². The zero-order chi connectivity index (χ0) is 27.2. The fraction of sp³-hybridized carbons (Fsp3) is 0.100. The van der Waals surface area contributed by atoms with Crippen LogP contribution in [0.5, 0.6) is 0 Å². The number of hydrogen-bond acceptors (Lipinski definition) is 1. The Labute approximate surface area is 245 Å². The molecule has 8 rings (SSSR count). The molecule has 0 saturated heterocycles. The van der Waals surface area contributed by atoms with E-state index < -0.39 is 0 Å². The lowest BCUT2D eigenvalue weighted by Gasteiger charge is -2.20. The smallest absolute Gasteiger partial charge is 0.0197 e. The van der Waals surface area contributed by atoms with Gasteiger partial charge in [-0.2, -0.15) is 0 Å². The Bertz CT molecular complexity index is 2120. The van der Waals surface area contributed by atoms with Crippen LogP contribution in [-0.4, -0.2) is 0 Å². The summed E-state index contributed by atoms with van der Waals surface area (Å²) in [4.78, 5) is 2.80. The Balaban J connectivity index is 1.29. The lowest BCUT2D eigenvalue weighted by atomic mass is 9.87. The van der Waals surface area contributed by atoms with Crippen molar-refractivity contribution in [2.45, 2.75) is 30.6 Å². The molecule has 6 aromatic carbocycles. The van der Waals surface area contributed by atoms with E-state index in [2.05, 4.69) is 133 Å². The monoisotopic (exact) mass is 542 g/mol. The molecule has 0 radical (unpaired) electrons. The fourth-order valence-corrected chi connectivity index (χ4v) is 7.93. The molecule has 2 aliphatic carbocycles. The normalized spacial score (nSPS) is 14.3. The van der Waals surface area contributed by atoms with Crippen molar-refractivity contribution in [2.24, 2.45) is 0 Å². The molecule has 0 fully saturated rings. The van der Waals surface area contributed by atoms with Gasteiger partial charge < -0.3 is 0 Å². The first-order chi connectivity index (χ1) is 20.3. The highest BCUT2D eigenvalue weighted by Gasteiger charge is 2.17. The van der Waals surface area contributed by atoms with Gasteiger partial charge in [-0.25, -0.2) is 0 Å².